The van der Waals surface area contributed by atoms with Crippen LogP contribution in [-0.2, 0) is 17.9 Å². The summed E-state index contributed by atoms with van der Waals surface area (Å²) in [6, 6.07) is 20.5. The molecule has 2 N–H and O–H groups in total. The van der Waals surface area contributed by atoms with Gasteiger partial charge in [0, 0.05) is 30.3 Å². The molecule has 0 bridgehead atoms. The first-order valence-electron chi connectivity index (χ1n) is 9.85. The molecule has 2 amide bonds. The van der Waals surface area contributed by atoms with Gasteiger partial charge in [0.2, 0.25) is 5.91 Å². The number of nitrogens with zero attached hydrogens (tertiary/aromatic N) is 4. The van der Waals surface area contributed by atoms with Gasteiger partial charge in [-0.15, -0.1) is 0 Å². The number of aryl methyl sites for hydroxylation is 1. The number of carbonyl (C=O) groups excluding carboxylic acids is 2. The van der Waals surface area contributed by atoms with Gasteiger partial charge in [-0.05, 0) is 48.9 Å². The summed E-state index contributed by atoms with van der Waals surface area (Å²) in [5.74, 6) is -0.433. The van der Waals surface area contributed by atoms with Crippen molar-refractivity contribution in [2.45, 2.75) is 20.0 Å². The lowest BCUT2D eigenvalue weighted by molar-refractivity contribution is -0.116. The van der Waals surface area contributed by atoms with Crippen molar-refractivity contribution < 1.29 is 9.59 Å². The minimum absolute atomic E-state index is 0.136. The zero-order valence-electron chi connectivity index (χ0n) is 17.0. The van der Waals surface area contributed by atoms with E-state index in [1.54, 1.807) is 40.0 Å². The first kappa shape index (κ1) is 20.1. The van der Waals surface area contributed by atoms with E-state index in [4.69, 9.17) is 0 Å². The molecule has 8 nitrogen and oxygen atoms in total. The van der Waals surface area contributed by atoms with E-state index in [-0.39, 0.29) is 18.4 Å². The van der Waals surface area contributed by atoms with E-state index in [0.717, 1.165) is 16.9 Å². The van der Waals surface area contributed by atoms with Gasteiger partial charge in [0.25, 0.3) is 5.91 Å². The molecular formula is C23H22N6O2. The average Bonchev–Trinajstić information content (AvgIpc) is 3.42. The SMILES string of the molecule is Cc1cc(C(=O)NCc2cccc(NC(=O)Cn3cccn3)c2)nn1-c1ccccc1. The molecule has 0 atom stereocenters. The number of benzene rings is 2. The van der Waals surface area contributed by atoms with Crippen LogP contribution in [0.15, 0.2) is 79.1 Å². The zero-order chi connectivity index (χ0) is 21.6. The van der Waals surface area contributed by atoms with E-state index < -0.39 is 0 Å². The largest absolute Gasteiger partial charge is 0.347 e. The predicted molar refractivity (Wildman–Crippen MR) is 117 cm³/mol. The number of aromatic nitrogens is 4. The molecule has 0 radical (unpaired) electrons. The van der Waals surface area contributed by atoms with E-state index in [1.807, 2.05) is 55.5 Å². The molecule has 0 spiro atoms. The van der Waals surface area contributed by atoms with Gasteiger partial charge in [-0.3, -0.25) is 14.3 Å². The minimum atomic E-state index is -0.258. The van der Waals surface area contributed by atoms with Crippen molar-refractivity contribution in [3.63, 3.8) is 0 Å². The maximum atomic E-state index is 12.6. The second kappa shape index (κ2) is 9.08. The highest BCUT2D eigenvalue weighted by atomic mass is 16.2. The Morgan fingerprint density at radius 1 is 1.00 bits per heavy atom. The molecule has 0 aliphatic heterocycles. The second-order valence-electron chi connectivity index (χ2n) is 7.05. The summed E-state index contributed by atoms with van der Waals surface area (Å²) < 4.78 is 3.29. The van der Waals surface area contributed by atoms with E-state index in [1.165, 1.54) is 0 Å². The van der Waals surface area contributed by atoms with Gasteiger partial charge in [0.05, 0.1) is 5.69 Å². The Balaban J connectivity index is 1.36. The molecule has 8 heteroatoms. The Hall–Kier alpha value is -4.20. The normalized spacial score (nSPS) is 10.6. The number of rotatable bonds is 7. The Kier molecular flexibility index (Phi) is 5.89. The Morgan fingerprint density at radius 2 is 1.84 bits per heavy atom. The van der Waals surface area contributed by atoms with Crippen molar-refractivity contribution in [3.8, 4) is 5.69 Å². The lowest BCUT2D eigenvalue weighted by atomic mass is 10.2. The summed E-state index contributed by atoms with van der Waals surface area (Å²) in [4.78, 5) is 24.7. The van der Waals surface area contributed by atoms with Crippen LogP contribution in [-0.4, -0.2) is 31.4 Å². The zero-order valence-corrected chi connectivity index (χ0v) is 17.0. The smallest absolute Gasteiger partial charge is 0.272 e. The number of carbonyl (C=O) groups is 2. The van der Waals surface area contributed by atoms with Crippen LogP contribution in [0.25, 0.3) is 5.69 Å². The van der Waals surface area contributed by atoms with Crippen LogP contribution in [0.4, 0.5) is 5.69 Å². The van der Waals surface area contributed by atoms with Crippen LogP contribution < -0.4 is 10.6 Å². The second-order valence-corrected chi connectivity index (χ2v) is 7.05. The van der Waals surface area contributed by atoms with Gasteiger partial charge >= 0.3 is 0 Å². The number of amides is 2. The van der Waals surface area contributed by atoms with Crippen LogP contribution in [0.2, 0.25) is 0 Å². The molecule has 156 valence electrons. The van der Waals surface area contributed by atoms with Crippen molar-refractivity contribution in [2.24, 2.45) is 0 Å². The fourth-order valence-corrected chi connectivity index (χ4v) is 3.19. The lowest BCUT2D eigenvalue weighted by Crippen LogP contribution is -2.23. The van der Waals surface area contributed by atoms with Crippen LogP contribution in [0.1, 0.15) is 21.7 Å². The first-order valence-corrected chi connectivity index (χ1v) is 9.85. The number of hydrogen-bond acceptors (Lipinski definition) is 4. The van der Waals surface area contributed by atoms with Crippen molar-refractivity contribution >= 4 is 17.5 Å². The fraction of sp³-hybridized carbons (Fsp3) is 0.130. The van der Waals surface area contributed by atoms with Gasteiger partial charge in [-0.25, -0.2) is 4.68 Å². The number of para-hydroxylation sites is 1. The average molecular weight is 414 g/mol. The third kappa shape index (κ3) is 5.05. The maximum Gasteiger partial charge on any atom is 0.272 e. The van der Waals surface area contributed by atoms with Crippen LogP contribution in [0, 0.1) is 6.92 Å². The standard InChI is InChI=1S/C23H22N6O2/c1-17-13-21(27-29(17)20-9-3-2-4-10-20)23(31)24-15-18-7-5-8-19(14-18)26-22(30)16-28-12-6-11-25-28/h2-14H,15-16H2,1H3,(H,24,31)(H,26,30). The number of nitrogens with one attached hydrogen (secondary N) is 2. The molecule has 2 aromatic heterocycles. The van der Waals surface area contributed by atoms with Crippen LogP contribution in [0.3, 0.4) is 0 Å². The van der Waals surface area contributed by atoms with Crippen molar-refractivity contribution in [2.75, 3.05) is 5.32 Å². The highest BCUT2D eigenvalue weighted by molar-refractivity contribution is 5.92. The summed E-state index contributed by atoms with van der Waals surface area (Å²) in [5, 5.41) is 14.2. The van der Waals surface area contributed by atoms with Crippen molar-refractivity contribution in [1.82, 2.24) is 24.9 Å². The number of anilines is 1. The Labute approximate surface area is 179 Å². The van der Waals surface area contributed by atoms with Crippen LogP contribution >= 0.6 is 0 Å². The molecule has 2 aromatic carbocycles. The van der Waals surface area contributed by atoms with Gasteiger partial charge in [0.15, 0.2) is 5.69 Å². The van der Waals surface area contributed by atoms with Crippen LogP contribution in [0.5, 0.6) is 0 Å². The molecule has 4 rings (SSSR count). The molecule has 0 saturated heterocycles. The third-order valence-electron chi connectivity index (χ3n) is 4.65. The predicted octanol–water partition coefficient (Wildman–Crippen LogP) is 2.95. The molecule has 0 aliphatic rings. The van der Waals surface area contributed by atoms with Gasteiger partial charge < -0.3 is 10.6 Å². The maximum absolute atomic E-state index is 12.6. The van der Waals surface area contributed by atoms with E-state index in [2.05, 4.69) is 20.8 Å². The summed E-state index contributed by atoms with van der Waals surface area (Å²) in [5.41, 5.74) is 3.65. The van der Waals surface area contributed by atoms with E-state index in [9.17, 15) is 9.59 Å². The first-order chi connectivity index (χ1) is 15.1. The molecule has 4 aromatic rings. The molecule has 0 unspecified atom stereocenters. The molecule has 0 aliphatic carbocycles. The highest BCUT2D eigenvalue weighted by Gasteiger charge is 2.13. The molecule has 0 saturated carbocycles. The van der Waals surface area contributed by atoms with Crippen molar-refractivity contribution in [3.05, 3.63) is 96.1 Å². The van der Waals surface area contributed by atoms with Gasteiger partial charge in [0.1, 0.15) is 6.54 Å². The van der Waals surface area contributed by atoms with E-state index in [0.29, 0.717) is 17.9 Å². The summed E-state index contributed by atoms with van der Waals surface area (Å²) >= 11 is 0. The summed E-state index contributed by atoms with van der Waals surface area (Å²) in [6.07, 6.45) is 3.35. The van der Waals surface area contributed by atoms with Crippen molar-refractivity contribution in [1.29, 1.82) is 0 Å². The molecule has 31 heavy (non-hydrogen) atoms. The molecule has 0 fully saturated rings. The Bertz CT molecular complexity index is 1180. The Morgan fingerprint density at radius 3 is 2.61 bits per heavy atom. The molecular weight excluding hydrogens is 392 g/mol. The number of hydrogen-bond donors (Lipinski definition) is 2. The highest BCUT2D eigenvalue weighted by Crippen LogP contribution is 2.13. The van der Waals surface area contributed by atoms with Gasteiger partial charge in [-0.2, -0.15) is 10.2 Å². The van der Waals surface area contributed by atoms with E-state index >= 15 is 0 Å². The monoisotopic (exact) mass is 414 g/mol. The lowest BCUT2D eigenvalue weighted by Gasteiger charge is -2.08. The molecule has 2 heterocycles. The topological polar surface area (TPSA) is 93.8 Å². The quantitative estimate of drug-likeness (QED) is 0.486. The fourth-order valence-electron chi connectivity index (χ4n) is 3.19. The van der Waals surface area contributed by atoms with Gasteiger partial charge in [-0.1, -0.05) is 30.3 Å². The summed E-state index contributed by atoms with van der Waals surface area (Å²) in [6.45, 7) is 2.36. The third-order valence-corrected chi connectivity index (χ3v) is 4.65. The minimum Gasteiger partial charge on any atom is -0.347 e. The summed E-state index contributed by atoms with van der Waals surface area (Å²) in [7, 11) is 0.